The van der Waals surface area contributed by atoms with E-state index in [-0.39, 0.29) is 13.2 Å². The number of rotatable bonds is 3. The van der Waals surface area contributed by atoms with Crippen molar-refractivity contribution in [3.05, 3.63) is 12.4 Å². The van der Waals surface area contributed by atoms with E-state index in [1.54, 1.807) is 0 Å². The number of ether oxygens (including phenoxy) is 3. The van der Waals surface area contributed by atoms with E-state index in [4.69, 9.17) is 9.84 Å². The van der Waals surface area contributed by atoms with Gasteiger partial charge in [-0.3, -0.25) is 4.74 Å². The molecule has 0 aromatic rings. The van der Waals surface area contributed by atoms with Crippen molar-refractivity contribution in [2.75, 3.05) is 13.2 Å². The topological polar surface area (TPSA) is 47.9 Å². The van der Waals surface area contributed by atoms with Gasteiger partial charge in [0.15, 0.2) is 6.29 Å². The van der Waals surface area contributed by atoms with Crippen LogP contribution in [-0.4, -0.2) is 31.1 Å². The first kappa shape index (κ1) is 8.61. The van der Waals surface area contributed by atoms with Crippen molar-refractivity contribution in [1.29, 1.82) is 0 Å². The minimum Gasteiger partial charge on any atom is -0.346 e. The van der Waals surface area contributed by atoms with E-state index in [9.17, 15) is 4.39 Å². The first-order valence-electron chi connectivity index (χ1n) is 3.08. The molecule has 0 aliphatic carbocycles. The van der Waals surface area contributed by atoms with Crippen LogP contribution in [0.3, 0.4) is 0 Å². The maximum atomic E-state index is 12.0. The SMILES string of the molecule is C=C(F)COC1COC(O)O1. The molecule has 0 radical (unpaired) electrons. The molecule has 1 saturated heterocycles. The lowest BCUT2D eigenvalue weighted by Crippen LogP contribution is -2.16. The van der Waals surface area contributed by atoms with Gasteiger partial charge in [0, 0.05) is 0 Å². The smallest absolute Gasteiger partial charge is 0.271 e. The summed E-state index contributed by atoms with van der Waals surface area (Å²) in [4.78, 5) is 0. The van der Waals surface area contributed by atoms with E-state index in [1.165, 1.54) is 0 Å². The molecule has 1 rings (SSSR count). The van der Waals surface area contributed by atoms with Gasteiger partial charge < -0.3 is 14.6 Å². The molecule has 1 aliphatic rings. The molecule has 5 heteroatoms. The average molecular weight is 164 g/mol. The van der Waals surface area contributed by atoms with Gasteiger partial charge in [0.2, 0.25) is 0 Å². The fourth-order valence-corrected chi connectivity index (χ4v) is 0.640. The Morgan fingerprint density at radius 2 is 2.55 bits per heavy atom. The molecule has 1 aliphatic heterocycles. The lowest BCUT2D eigenvalue weighted by Gasteiger charge is -2.07. The predicted molar refractivity (Wildman–Crippen MR) is 33.0 cm³/mol. The number of hydrogen-bond donors (Lipinski definition) is 1. The zero-order valence-electron chi connectivity index (χ0n) is 5.83. The molecule has 1 N–H and O–H groups in total. The fourth-order valence-electron chi connectivity index (χ4n) is 0.640. The highest BCUT2D eigenvalue weighted by Crippen LogP contribution is 2.10. The van der Waals surface area contributed by atoms with Crippen molar-refractivity contribution >= 4 is 0 Å². The third-order valence-corrected chi connectivity index (χ3v) is 1.07. The van der Waals surface area contributed by atoms with Crippen LogP contribution in [0.15, 0.2) is 12.4 Å². The molecular weight excluding hydrogens is 155 g/mol. The highest BCUT2D eigenvalue weighted by molar-refractivity contribution is 4.78. The second kappa shape index (κ2) is 3.77. The van der Waals surface area contributed by atoms with Gasteiger partial charge in [0.05, 0.1) is 0 Å². The molecule has 0 bridgehead atoms. The van der Waals surface area contributed by atoms with Gasteiger partial charge in [-0.15, -0.1) is 0 Å². The fraction of sp³-hybridized carbons (Fsp3) is 0.667. The van der Waals surface area contributed by atoms with Crippen LogP contribution in [0.4, 0.5) is 4.39 Å². The zero-order valence-corrected chi connectivity index (χ0v) is 5.83. The maximum Gasteiger partial charge on any atom is 0.271 e. The third kappa shape index (κ3) is 2.94. The van der Waals surface area contributed by atoms with Crippen LogP contribution in [0, 0.1) is 0 Å². The van der Waals surface area contributed by atoms with Crippen LogP contribution < -0.4 is 0 Å². The average Bonchev–Trinajstić information content (AvgIpc) is 2.31. The van der Waals surface area contributed by atoms with Crippen molar-refractivity contribution in [3.63, 3.8) is 0 Å². The minimum atomic E-state index is -1.26. The summed E-state index contributed by atoms with van der Waals surface area (Å²) in [6.07, 6.45) is -0.697. The van der Waals surface area contributed by atoms with Gasteiger partial charge in [-0.05, 0) is 0 Å². The third-order valence-electron chi connectivity index (χ3n) is 1.07. The second-order valence-electron chi connectivity index (χ2n) is 2.03. The van der Waals surface area contributed by atoms with Crippen molar-refractivity contribution in [1.82, 2.24) is 0 Å². The number of aliphatic hydroxyl groups is 1. The van der Waals surface area contributed by atoms with Crippen LogP contribution in [0.1, 0.15) is 0 Å². The molecule has 2 atom stereocenters. The second-order valence-corrected chi connectivity index (χ2v) is 2.03. The number of halogens is 1. The highest BCUT2D eigenvalue weighted by atomic mass is 19.1. The van der Waals surface area contributed by atoms with Crippen molar-refractivity contribution < 1.29 is 23.7 Å². The Morgan fingerprint density at radius 1 is 1.82 bits per heavy atom. The molecule has 0 amide bonds. The molecule has 4 nitrogen and oxygen atoms in total. The summed E-state index contributed by atoms with van der Waals surface area (Å²) in [6, 6.07) is 0. The summed E-state index contributed by atoms with van der Waals surface area (Å²) >= 11 is 0. The van der Waals surface area contributed by atoms with E-state index >= 15 is 0 Å². The molecule has 0 aromatic carbocycles. The molecule has 0 aromatic heterocycles. The molecule has 1 fully saturated rings. The normalized spacial score (nSPS) is 30.7. The summed E-state index contributed by atoms with van der Waals surface area (Å²) in [5.74, 6) is -0.588. The van der Waals surface area contributed by atoms with E-state index in [0.29, 0.717) is 0 Å². The number of hydrogen-bond acceptors (Lipinski definition) is 4. The van der Waals surface area contributed by atoms with Gasteiger partial charge in [-0.1, -0.05) is 6.58 Å². The van der Waals surface area contributed by atoms with E-state index in [1.807, 2.05) is 0 Å². The van der Waals surface area contributed by atoms with E-state index in [2.05, 4.69) is 16.1 Å². The molecule has 64 valence electrons. The summed E-state index contributed by atoms with van der Waals surface area (Å²) in [5, 5.41) is 8.62. The summed E-state index contributed by atoms with van der Waals surface area (Å²) in [6.45, 7) is 1.60. The van der Waals surface area contributed by atoms with E-state index < -0.39 is 18.6 Å². The van der Waals surface area contributed by atoms with Gasteiger partial charge in [-0.25, -0.2) is 4.39 Å². The van der Waals surface area contributed by atoms with Gasteiger partial charge in [0.1, 0.15) is 19.0 Å². The van der Waals surface area contributed by atoms with Crippen LogP contribution >= 0.6 is 0 Å². The van der Waals surface area contributed by atoms with Crippen LogP contribution in [-0.2, 0) is 14.2 Å². The Hall–Kier alpha value is -0.490. The summed E-state index contributed by atoms with van der Waals surface area (Å²) in [5.41, 5.74) is 0. The molecule has 0 spiro atoms. The summed E-state index contributed by atoms with van der Waals surface area (Å²) in [7, 11) is 0. The van der Waals surface area contributed by atoms with Crippen molar-refractivity contribution in [3.8, 4) is 0 Å². The first-order valence-corrected chi connectivity index (χ1v) is 3.08. The number of aliphatic hydroxyl groups excluding tert-OH is 1. The van der Waals surface area contributed by atoms with Gasteiger partial charge in [0.25, 0.3) is 6.48 Å². The Bertz CT molecular complexity index is 150. The first-order chi connectivity index (χ1) is 5.18. The van der Waals surface area contributed by atoms with Crippen molar-refractivity contribution in [2.24, 2.45) is 0 Å². The largest absolute Gasteiger partial charge is 0.346 e. The standard InChI is InChI=1S/C6H9FO4/c1-4(7)2-9-5-3-10-6(8)11-5/h5-6,8H,1-3H2. The van der Waals surface area contributed by atoms with Crippen molar-refractivity contribution in [2.45, 2.75) is 12.8 Å². The molecule has 2 unspecified atom stereocenters. The lowest BCUT2D eigenvalue weighted by molar-refractivity contribution is -0.234. The Morgan fingerprint density at radius 3 is 3.00 bits per heavy atom. The Labute approximate surface area is 63.2 Å². The molecule has 1 heterocycles. The highest BCUT2D eigenvalue weighted by Gasteiger charge is 2.24. The monoisotopic (exact) mass is 164 g/mol. The van der Waals surface area contributed by atoms with Crippen LogP contribution in [0.5, 0.6) is 0 Å². The van der Waals surface area contributed by atoms with Crippen LogP contribution in [0.25, 0.3) is 0 Å². The predicted octanol–water partition coefficient (Wildman–Crippen LogP) is 0.135. The Kier molecular flexibility index (Phi) is 2.95. The van der Waals surface area contributed by atoms with Crippen LogP contribution in [0.2, 0.25) is 0 Å². The molecular formula is C6H9FO4. The van der Waals surface area contributed by atoms with Gasteiger partial charge in [-0.2, -0.15) is 0 Å². The maximum absolute atomic E-state index is 12.0. The molecule has 0 saturated carbocycles. The minimum absolute atomic E-state index is 0.106. The molecule has 11 heavy (non-hydrogen) atoms. The summed E-state index contributed by atoms with van der Waals surface area (Å²) < 4.78 is 25.9. The van der Waals surface area contributed by atoms with Gasteiger partial charge >= 0.3 is 0 Å². The lowest BCUT2D eigenvalue weighted by atomic mass is 10.6. The quantitative estimate of drug-likeness (QED) is 0.644. The zero-order chi connectivity index (χ0) is 8.27. The Balaban J connectivity index is 2.13. The van der Waals surface area contributed by atoms with E-state index in [0.717, 1.165) is 0 Å².